The lowest BCUT2D eigenvalue weighted by Gasteiger charge is -2.37. The summed E-state index contributed by atoms with van der Waals surface area (Å²) in [6, 6.07) is 10.2. The van der Waals surface area contributed by atoms with Crippen molar-refractivity contribution in [1.29, 1.82) is 0 Å². The van der Waals surface area contributed by atoms with Crippen LogP contribution in [0.1, 0.15) is 18.4 Å². The van der Waals surface area contributed by atoms with E-state index in [2.05, 4.69) is 29.4 Å². The maximum absolute atomic E-state index is 9.98. The highest BCUT2D eigenvalue weighted by molar-refractivity contribution is 5.25. The molecule has 0 aliphatic carbocycles. The average molecular weight is 292 g/mol. The second kappa shape index (κ2) is 7.90. The molecule has 2 rings (SSSR count). The average Bonchev–Trinajstić information content (AvgIpc) is 2.54. The molecule has 1 unspecified atom stereocenters. The molecule has 2 N–H and O–H groups in total. The number of benzene rings is 1. The van der Waals surface area contributed by atoms with Crippen LogP contribution in [-0.4, -0.2) is 57.0 Å². The van der Waals surface area contributed by atoms with Crippen LogP contribution in [-0.2, 0) is 10.3 Å². The van der Waals surface area contributed by atoms with Crippen LogP contribution < -0.4 is 5.32 Å². The number of aliphatic hydroxyl groups is 1. The molecule has 21 heavy (non-hydrogen) atoms. The van der Waals surface area contributed by atoms with Crippen molar-refractivity contribution in [2.45, 2.75) is 18.4 Å². The Morgan fingerprint density at radius 2 is 1.95 bits per heavy atom. The quantitative estimate of drug-likeness (QED) is 0.798. The van der Waals surface area contributed by atoms with E-state index in [4.69, 9.17) is 4.74 Å². The van der Waals surface area contributed by atoms with E-state index in [9.17, 15) is 5.11 Å². The Hall–Kier alpha value is -0.940. The van der Waals surface area contributed by atoms with Crippen molar-refractivity contribution in [2.24, 2.45) is 5.92 Å². The molecule has 1 aromatic carbocycles. The lowest BCUT2D eigenvalue weighted by atomic mass is 9.89. The lowest BCUT2D eigenvalue weighted by molar-refractivity contribution is 0.0479. The fourth-order valence-corrected chi connectivity index (χ4v) is 3.19. The summed E-state index contributed by atoms with van der Waals surface area (Å²) >= 11 is 0. The van der Waals surface area contributed by atoms with Gasteiger partial charge in [0.25, 0.3) is 0 Å². The molecule has 0 radical (unpaired) electrons. The largest absolute Gasteiger partial charge is 0.394 e. The first-order valence-electron chi connectivity index (χ1n) is 7.82. The summed E-state index contributed by atoms with van der Waals surface area (Å²) in [6.45, 7) is 3.70. The molecule has 1 atom stereocenters. The predicted octanol–water partition coefficient (Wildman–Crippen LogP) is 1.45. The molecule has 0 amide bonds. The highest BCUT2D eigenvalue weighted by Crippen LogP contribution is 2.23. The van der Waals surface area contributed by atoms with Crippen LogP contribution >= 0.6 is 0 Å². The third-order valence-corrected chi connectivity index (χ3v) is 4.53. The third-order valence-electron chi connectivity index (χ3n) is 4.53. The fraction of sp³-hybridized carbons (Fsp3) is 0.647. The first-order chi connectivity index (χ1) is 10.2. The van der Waals surface area contributed by atoms with Crippen molar-refractivity contribution in [3.05, 3.63) is 35.9 Å². The van der Waals surface area contributed by atoms with Gasteiger partial charge in [0.15, 0.2) is 0 Å². The van der Waals surface area contributed by atoms with E-state index in [0.29, 0.717) is 5.92 Å². The van der Waals surface area contributed by atoms with Crippen LogP contribution in [0.5, 0.6) is 0 Å². The van der Waals surface area contributed by atoms with Crippen molar-refractivity contribution in [3.63, 3.8) is 0 Å². The maximum atomic E-state index is 9.98. The van der Waals surface area contributed by atoms with Crippen LogP contribution in [0.3, 0.4) is 0 Å². The zero-order valence-corrected chi connectivity index (χ0v) is 13.2. The standard InChI is InChI=1S/C17H28N2O2/c1-18-17(14-20,16-6-4-3-5-7-16)13-19(2)12-15-8-10-21-11-9-15/h3-7,15,18,20H,8-14H2,1-2H3. The number of hydrogen-bond donors (Lipinski definition) is 2. The van der Waals surface area contributed by atoms with Gasteiger partial charge in [-0.3, -0.25) is 0 Å². The molecule has 1 fully saturated rings. The second-order valence-electron chi connectivity index (χ2n) is 6.11. The van der Waals surface area contributed by atoms with Gasteiger partial charge < -0.3 is 20.1 Å². The number of rotatable bonds is 7. The zero-order valence-electron chi connectivity index (χ0n) is 13.2. The van der Waals surface area contributed by atoms with E-state index < -0.39 is 5.54 Å². The minimum Gasteiger partial charge on any atom is -0.394 e. The molecule has 1 aliphatic rings. The van der Waals surface area contributed by atoms with Crippen LogP contribution in [0.25, 0.3) is 0 Å². The molecule has 1 saturated heterocycles. The van der Waals surface area contributed by atoms with Gasteiger partial charge in [0.2, 0.25) is 0 Å². The topological polar surface area (TPSA) is 44.7 Å². The van der Waals surface area contributed by atoms with Crippen LogP contribution in [0, 0.1) is 5.92 Å². The van der Waals surface area contributed by atoms with Crippen LogP contribution in [0.2, 0.25) is 0 Å². The van der Waals surface area contributed by atoms with E-state index in [1.165, 1.54) is 0 Å². The Labute approximate surface area is 128 Å². The van der Waals surface area contributed by atoms with E-state index in [-0.39, 0.29) is 6.61 Å². The Morgan fingerprint density at radius 1 is 1.29 bits per heavy atom. The highest BCUT2D eigenvalue weighted by atomic mass is 16.5. The van der Waals surface area contributed by atoms with Gasteiger partial charge >= 0.3 is 0 Å². The summed E-state index contributed by atoms with van der Waals surface area (Å²) in [5.74, 6) is 0.702. The first kappa shape index (κ1) is 16.4. The van der Waals surface area contributed by atoms with E-state index in [0.717, 1.165) is 44.7 Å². The third kappa shape index (κ3) is 4.27. The Bertz CT molecular complexity index is 401. The fourth-order valence-electron chi connectivity index (χ4n) is 3.19. The van der Waals surface area contributed by atoms with E-state index in [1.54, 1.807) is 0 Å². The molecular weight excluding hydrogens is 264 g/mol. The van der Waals surface area contributed by atoms with Gasteiger partial charge in [0.1, 0.15) is 0 Å². The van der Waals surface area contributed by atoms with Gasteiger partial charge in [-0.1, -0.05) is 30.3 Å². The molecule has 118 valence electrons. The number of nitrogens with one attached hydrogen (secondary N) is 1. The molecule has 0 bridgehead atoms. The Morgan fingerprint density at radius 3 is 2.52 bits per heavy atom. The summed E-state index contributed by atoms with van der Waals surface area (Å²) < 4.78 is 5.42. The molecular formula is C17H28N2O2. The minimum atomic E-state index is -0.402. The highest BCUT2D eigenvalue weighted by Gasteiger charge is 2.31. The lowest BCUT2D eigenvalue weighted by Crippen LogP contribution is -2.52. The number of likely N-dealkylation sites (N-methyl/N-ethyl adjacent to an activating group) is 2. The molecule has 0 aromatic heterocycles. The molecule has 1 aliphatic heterocycles. The number of ether oxygens (including phenoxy) is 1. The van der Waals surface area contributed by atoms with Crippen molar-refractivity contribution in [3.8, 4) is 0 Å². The summed E-state index contributed by atoms with van der Waals surface area (Å²) in [5, 5.41) is 13.3. The molecule has 1 heterocycles. The van der Waals surface area contributed by atoms with Gasteiger partial charge in [-0.25, -0.2) is 0 Å². The molecule has 4 nitrogen and oxygen atoms in total. The van der Waals surface area contributed by atoms with E-state index in [1.807, 2.05) is 25.2 Å². The number of nitrogens with zero attached hydrogens (tertiary/aromatic N) is 1. The smallest absolute Gasteiger partial charge is 0.0795 e. The Balaban J connectivity index is 2.01. The van der Waals surface area contributed by atoms with Gasteiger partial charge in [-0.05, 0) is 38.4 Å². The summed E-state index contributed by atoms with van der Waals surface area (Å²) in [4.78, 5) is 2.33. The molecule has 4 heteroatoms. The normalized spacial score (nSPS) is 19.6. The summed E-state index contributed by atoms with van der Waals surface area (Å²) in [6.07, 6.45) is 2.28. The monoisotopic (exact) mass is 292 g/mol. The van der Waals surface area contributed by atoms with Crippen LogP contribution in [0.4, 0.5) is 0 Å². The summed E-state index contributed by atoms with van der Waals surface area (Å²) in [5.41, 5.74) is 0.732. The van der Waals surface area contributed by atoms with Gasteiger partial charge in [0, 0.05) is 26.3 Å². The number of hydrogen-bond acceptors (Lipinski definition) is 4. The second-order valence-corrected chi connectivity index (χ2v) is 6.11. The SMILES string of the molecule is CNC(CO)(CN(C)CC1CCOCC1)c1ccccc1. The predicted molar refractivity (Wildman–Crippen MR) is 85.3 cm³/mol. The zero-order chi connectivity index (χ0) is 15.1. The van der Waals surface area contributed by atoms with Crippen molar-refractivity contribution >= 4 is 0 Å². The first-order valence-corrected chi connectivity index (χ1v) is 7.82. The molecule has 0 saturated carbocycles. The molecule has 0 spiro atoms. The minimum absolute atomic E-state index is 0.0889. The number of aliphatic hydroxyl groups excluding tert-OH is 1. The van der Waals surface area contributed by atoms with Gasteiger partial charge in [-0.2, -0.15) is 0 Å². The Kier molecular flexibility index (Phi) is 6.18. The molecule has 1 aromatic rings. The maximum Gasteiger partial charge on any atom is 0.0795 e. The van der Waals surface area contributed by atoms with Crippen molar-refractivity contribution in [2.75, 3.05) is 47.0 Å². The van der Waals surface area contributed by atoms with Gasteiger partial charge in [-0.15, -0.1) is 0 Å². The van der Waals surface area contributed by atoms with Crippen molar-refractivity contribution in [1.82, 2.24) is 10.2 Å². The van der Waals surface area contributed by atoms with Crippen molar-refractivity contribution < 1.29 is 9.84 Å². The van der Waals surface area contributed by atoms with E-state index >= 15 is 0 Å². The summed E-state index contributed by atoms with van der Waals surface area (Å²) in [7, 11) is 4.06. The van der Waals surface area contributed by atoms with Crippen LogP contribution in [0.15, 0.2) is 30.3 Å². The van der Waals surface area contributed by atoms with Gasteiger partial charge in [0.05, 0.1) is 12.1 Å².